The van der Waals surface area contributed by atoms with Gasteiger partial charge < -0.3 is 19.3 Å². The molecule has 12 nitrogen and oxygen atoms in total. The van der Waals surface area contributed by atoms with Crippen LogP contribution in [0.3, 0.4) is 0 Å². The van der Waals surface area contributed by atoms with Crippen molar-refractivity contribution in [1.29, 1.82) is 5.26 Å². The van der Waals surface area contributed by atoms with Gasteiger partial charge in [-0.1, -0.05) is 24.3 Å². The Hall–Kier alpha value is -5.80. The molecule has 48 heavy (non-hydrogen) atoms. The predicted molar refractivity (Wildman–Crippen MR) is 179 cm³/mol. The number of aromatic nitrogens is 3. The maximum atomic E-state index is 14.7. The summed E-state index contributed by atoms with van der Waals surface area (Å²) in [6.07, 6.45) is 16.4. The smallest absolute Gasteiger partial charge is 0.336 e. The highest BCUT2D eigenvalue weighted by Gasteiger charge is 2.29. The summed E-state index contributed by atoms with van der Waals surface area (Å²) in [7, 11) is 1.72. The Morgan fingerprint density at radius 1 is 1.21 bits per heavy atom. The van der Waals surface area contributed by atoms with Crippen LogP contribution in [0.2, 0.25) is 0 Å². The number of nitro groups is 1. The molecular weight excluding hydrogens is 612 g/mol. The molecule has 3 aliphatic rings. The van der Waals surface area contributed by atoms with E-state index in [2.05, 4.69) is 11.2 Å². The molecule has 1 amide bonds. The second kappa shape index (κ2) is 13.5. The summed E-state index contributed by atoms with van der Waals surface area (Å²) in [4.78, 5) is 39.5. The first-order valence-electron chi connectivity index (χ1n) is 15.7. The maximum Gasteiger partial charge on any atom is 0.336 e. The van der Waals surface area contributed by atoms with Gasteiger partial charge in [0.25, 0.3) is 5.91 Å². The molecule has 1 unspecified atom stereocenters. The lowest BCUT2D eigenvalue weighted by molar-refractivity contribution is -0.426. The van der Waals surface area contributed by atoms with E-state index in [0.29, 0.717) is 46.8 Å². The van der Waals surface area contributed by atoms with Crippen LogP contribution >= 0.6 is 0 Å². The fraction of sp³-hybridized carbons (Fsp3) is 0.278. The molecule has 0 radical (unpaired) electrons. The van der Waals surface area contributed by atoms with Gasteiger partial charge in [-0.05, 0) is 74.6 Å². The number of nitriles is 1. The fourth-order valence-electron chi connectivity index (χ4n) is 6.27. The van der Waals surface area contributed by atoms with Crippen LogP contribution in [0, 0.1) is 28.4 Å². The molecule has 0 saturated carbocycles. The quantitative estimate of drug-likeness (QED) is 0.220. The van der Waals surface area contributed by atoms with Gasteiger partial charge in [-0.2, -0.15) is 10.4 Å². The number of carbonyl (C=O) groups excluding carboxylic acids is 1. The highest BCUT2D eigenvalue weighted by Crippen LogP contribution is 2.34. The van der Waals surface area contributed by atoms with Gasteiger partial charge in [0.05, 0.1) is 52.4 Å². The van der Waals surface area contributed by atoms with E-state index in [1.165, 1.54) is 18.2 Å². The molecule has 1 aliphatic heterocycles. The van der Waals surface area contributed by atoms with Crippen molar-refractivity contribution in [3.05, 3.63) is 122 Å². The van der Waals surface area contributed by atoms with Gasteiger partial charge in [0.15, 0.2) is 6.23 Å². The molecule has 2 aromatic heterocycles. The van der Waals surface area contributed by atoms with Crippen molar-refractivity contribution in [2.75, 3.05) is 18.1 Å². The van der Waals surface area contributed by atoms with Crippen molar-refractivity contribution < 1.29 is 24.4 Å². The molecule has 1 saturated heterocycles. The molecule has 0 spiro atoms. The SMILES string of the molecule is Cc1c(C(=O)N(CC2=CCC=CC=C2C#N)c2ccc3c(cnn3C3CCCCO3)c2)cc(C2=CCC([N+](=O)[O-])=CC=C2C(=O)O)n1C. The van der Waals surface area contributed by atoms with Crippen LogP contribution in [-0.2, 0) is 16.6 Å². The molecule has 6 rings (SSSR count). The van der Waals surface area contributed by atoms with Crippen molar-refractivity contribution >= 4 is 34.0 Å². The van der Waals surface area contributed by atoms with Crippen LogP contribution in [0.4, 0.5) is 5.69 Å². The largest absolute Gasteiger partial charge is 0.478 e. The van der Waals surface area contributed by atoms with Crippen molar-refractivity contribution in [2.24, 2.45) is 7.05 Å². The van der Waals surface area contributed by atoms with E-state index in [1.54, 1.807) is 41.8 Å². The Morgan fingerprint density at radius 2 is 2.04 bits per heavy atom. The third kappa shape index (κ3) is 6.15. The molecule has 2 aliphatic carbocycles. The monoisotopic (exact) mass is 646 g/mol. The number of carboxylic acid groups (broad SMARTS) is 1. The van der Waals surface area contributed by atoms with Crippen LogP contribution in [0.1, 0.15) is 60.1 Å². The number of hydrogen-bond donors (Lipinski definition) is 1. The summed E-state index contributed by atoms with van der Waals surface area (Å²) < 4.78 is 9.56. The summed E-state index contributed by atoms with van der Waals surface area (Å²) in [5, 5.41) is 36.9. The van der Waals surface area contributed by atoms with E-state index in [-0.39, 0.29) is 41.9 Å². The maximum absolute atomic E-state index is 14.7. The van der Waals surface area contributed by atoms with Crippen LogP contribution in [0.15, 0.2) is 95.4 Å². The molecule has 1 aromatic carbocycles. The molecule has 244 valence electrons. The third-order valence-electron chi connectivity index (χ3n) is 9.01. The molecular formula is C36H34N6O6. The van der Waals surface area contributed by atoms with Gasteiger partial charge in [-0.15, -0.1) is 0 Å². The van der Waals surface area contributed by atoms with Gasteiger partial charge in [0.1, 0.15) is 0 Å². The molecule has 12 heteroatoms. The van der Waals surface area contributed by atoms with Crippen LogP contribution in [0.25, 0.3) is 16.5 Å². The fourth-order valence-corrected chi connectivity index (χ4v) is 6.27. The van der Waals surface area contributed by atoms with Gasteiger partial charge in [-0.3, -0.25) is 14.9 Å². The van der Waals surface area contributed by atoms with Gasteiger partial charge in [-0.25, -0.2) is 9.48 Å². The number of allylic oxidation sites excluding steroid dienone is 7. The summed E-state index contributed by atoms with van der Waals surface area (Å²) in [6, 6.07) is 9.55. The minimum atomic E-state index is -1.24. The Labute approximate surface area is 276 Å². The highest BCUT2D eigenvalue weighted by molar-refractivity contribution is 6.10. The number of rotatable bonds is 8. The number of benzene rings is 1. The normalized spacial score (nSPS) is 18.0. The van der Waals surface area contributed by atoms with E-state index in [0.717, 1.165) is 30.2 Å². The topological polar surface area (TPSA) is 157 Å². The summed E-state index contributed by atoms with van der Waals surface area (Å²) in [5.74, 6) is -1.60. The molecule has 3 aromatic rings. The van der Waals surface area contributed by atoms with E-state index >= 15 is 0 Å². The predicted octanol–water partition coefficient (Wildman–Crippen LogP) is 6.32. The van der Waals surface area contributed by atoms with Crippen molar-refractivity contribution in [3.8, 4) is 6.07 Å². The van der Waals surface area contributed by atoms with E-state index in [4.69, 9.17) is 4.74 Å². The van der Waals surface area contributed by atoms with Gasteiger partial charge in [0.2, 0.25) is 5.70 Å². The highest BCUT2D eigenvalue weighted by atomic mass is 16.6. The first-order valence-corrected chi connectivity index (χ1v) is 15.7. The lowest BCUT2D eigenvalue weighted by Crippen LogP contribution is -2.33. The number of carboxylic acids is 1. The molecule has 1 atom stereocenters. The van der Waals surface area contributed by atoms with Crippen LogP contribution < -0.4 is 4.90 Å². The van der Waals surface area contributed by atoms with Gasteiger partial charge >= 0.3 is 5.97 Å². The van der Waals surface area contributed by atoms with E-state index < -0.39 is 10.9 Å². The zero-order valence-electron chi connectivity index (χ0n) is 26.6. The van der Waals surface area contributed by atoms with E-state index in [1.807, 2.05) is 41.1 Å². The number of amides is 1. The first-order chi connectivity index (χ1) is 23.2. The average molecular weight is 647 g/mol. The molecule has 1 N–H and O–H groups in total. The molecule has 0 bridgehead atoms. The minimum absolute atomic E-state index is 0.0830. The number of nitrogens with zero attached hydrogens (tertiary/aromatic N) is 6. The second-order valence-corrected chi connectivity index (χ2v) is 11.8. The zero-order chi connectivity index (χ0) is 33.9. The lowest BCUT2D eigenvalue weighted by atomic mass is 10.0. The van der Waals surface area contributed by atoms with Crippen LogP contribution in [0.5, 0.6) is 0 Å². The zero-order valence-corrected chi connectivity index (χ0v) is 26.6. The standard InChI is InChI=1S/C36H34N6O6/c1-23-31(19-33(39(23)2)29-14-11-27(42(46)47)12-15-30(29)36(44)45)35(43)40(22-25-9-5-3-4-8-24(25)20-37)28-13-16-32-26(18-28)21-38-41(32)34-10-6-7-17-48-34/h3-4,8-9,12-16,18-19,21,34H,5-7,10-11,17,22H2,1-2H3,(H,44,45). The third-order valence-corrected chi connectivity index (χ3v) is 9.01. The van der Waals surface area contributed by atoms with Crippen molar-refractivity contribution in [3.63, 3.8) is 0 Å². The molecule has 1 fully saturated rings. The molecule has 3 heterocycles. The van der Waals surface area contributed by atoms with Crippen molar-refractivity contribution in [1.82, 2.24) is 14.3 Å². The van der Waals surface area contributed by atoms with E-state index in [9.17, 15) is 30.1 Å². The Morgan fingerprint density at radius 3 is 2.77 bits per heavy atom. The minimum Gasteiger partial charge on any atom is -0.478 e. The summed E-state index contributed by atoms with van der Waals surface area (Å²) in [5.41, 5.74) is 3.96. The van der Waals surface area contributed by atoms with Crippen LogP contribution in [-0.4, -0.2) is 49.4 Å². The summed E-state index contributed by atoms with van der Waals surface area (Å²) in [6.45, 7) is 2.55. The Balaban J connectivity index is 1.42. The van der Waals surface area contributed by atoms with Gasteiger partial charge in [0, 0.05) is 47.8 Å². The summed E-state index contributed by atoms with van der Waals surface area (Å²) >= 11 is 0. The number of anilines is 1. The number of aliphatic carboxylic acids is 1. The van der Waals surface area contributed by atoms with Crippen molar-refractivity contribution in [2.45, 2.75) is 45.3 Å². The number of carbonyl (C=O) groups is 2. The first kappa shape index (κ1) is 32.2. The lowest BCUT2D eigenvalue weighted by Gasteiger charge is -2.25. The second-order valence-electron chi connectivity index (χ2n) is 11.8. The Bertz CT molecular complexity index is 2060. The number of fused-ring (bicyclic) bond motifs is 1. The Kier molecular flexibility index (Phi) is 9.05. The number of hydrogen-bond acceptors (Lipinski definition) is 7. The number of ether oxygens (including phenoxy) is 1. The average Bonchev–Trinajstić information content (AvgIpc) is 3.42.